The molecule has 9 rings (SSSR count). The summed E-state index contributed by atoms with van der Waals surface area (Å²) >= 11 is 0. The highest BCUT2D eigenvalue weighted by Gasteiger charge is 2.46. The van der Waals surface area contributed by atoms with E-state index in [9.17, 15) is 0 Å². The smallest absolute Gasteiger partial charge is 0.0708 e. The van der Waals surface area contributed by atoms with Gasteiger partial charge < -0.3 is 4.90 Å². The lowest BCUT2D eigenvalue weighted by Crippen LogP contribution is -2.28. The Kier molecular flexibility index (Phi) is 9.64. The van der Waals surface area contributed by atoms with E-state index in [-0.39, 0.29) is 0 Å². The van der Waals surface area contributed by atoms with Crippen LogP contribution in [0.1, 0.15) is 23.6 Å². The minimum Gasteiger partial charge on any atom is -0.310 e. The standard InChI is InChI=1S/C56H43N/c1-3-4-9-20-41(2)56(48-27-16-8-17-28-48)54-30-19-18-29-52(54)53-36-35-50(40-55(53)56)57(49-33-31-45(32-34-49)42-21-10-5-11-22-42)51-38-46(43-23-12-6-13-24-43)37-47(39-51)44-25-14-7-15-26-44/h3-40H,2H2,1H3/b4-3-,20-9-. The van der Waals surface area contributed by atoms with Crippen LogP contribution in [0.5, 0.6) is 0 Å². The van der Waals surface area contributed by atoms with Crippen molar-refractivity contribution in [1.82, 2.24) is 0 Å². The third kappa shape index (κ3) is 6.54. The molecule has 8 aromatic rings. The quantitative estimate of drug-likeness (QED) is 0.127. The molecule has 1 heteroatoms. The topological polar surface area (TPSA) is 3.24 Å². The molecule has 0 saturated carbocycles. The van der Waals surface area contributed by atoms with Crippen LogP contribution >= 0.6 is 0 Å². The van der Waals surface area contributed by atoms with Gasteiger partial charge in [-0.2, -0.15) is 0 Å². The van der Waals surface area contributed by atoms with Gasteiger partial charge in [-0.3, -0.25) is 0 Å². The van der Waals surface area contributed by atoms with Crippen molar-refractivity contribution in [2.45, 2.75) is 12.3 Å². The number of nitrogens with zero attached hydrogens (tertiary/aromatic N) is 1. The maximum Gasteiger partial charge on any atom is 0.0708 e. The second-order valence-electron chi connectivity index (χ2n) is 14.6. The first-order valence-electron chi connectivity index (χ1n) is 19.7. The number of allylic oxidation sites excluding steroid dienone is 5. The zero-order chi connectivity index (χ0) is 38.6. The highest BCUT2D eigenvalue weighted by atomic mass is 15.1. The maximum absolute atomic E-state index is 4.84. The van der Waals surface area contributed by atoms with E-state index in [1.54, 1.807) is 0 Å². The summed E-state index contributed by atoms with van der Waals surface area (Å²) in [6.07, 6.45) is 8.42. The average Bonchev–Trinajstić information content (AvgIpc) is 3.58. The molecule has 0 heterocycles. The molecule has 0 fully saturated rings. The summed E-state index contributed by atoms with van der Waals surface area (Å²) < 4.78 is 0. The van der Waals surface area contributed by atoms with E-state index in [4.69, 9.17) is 6.58 Å². The number of rotatable bonds is 10. The van der Waals surface area contributed by atoms with E-state index in [2.05, 4.69) is 235 Å². The van der Waals surface area contributed by atoms with Gasteiger partial charge >= 0.3 is 0 Å². The molecule has 0 aromatic heterocycles. The molecule has 272 valence electrons. The largest absolute Gasteiger partial charge is 0.310 e. The van der Waals surface area contributed by atoms with Gasteiger partial charge in [-0.05, 0) is 116 Å². The second kappa shape index (κ2) is 15.5. The Balaban J connectivity index is 1.31. The molecule has 57 heavy (non-hydrogen) atoms. The molecule has 0 radical (unpaired) electrons. The fourth-order valence-corrected chi connectivity index (χ4v) is 8.56. The van der Waals surface area contributed by atoms with Crippen molar-refractivity contribution in [3.8, 4) is 44.5 Å². The fraction of sp³-hybridized carbons (Fsp3) is 0.0357. The third-order valence-electron chi connectivity index (χ3n) is 11.2. The zero-order valence-corrected chi connectivity index (χ0v) is 32.1. The third-order valence-corrected chi connectivity index (χ3v) is 11.2. The normalized spacial score (nSPS) is 14.4. The van der Waals surface area contributed by atoms with Crippen molar-refractivity contribution < 1.29 is 0 Å². The van der Waals surface area contributed by atoms with Crippen LogP contribution < -0.4 is 4.90 Å². The van der Waals surface area contributed by atoms with Gasteiger partial charge in [-0.1, -0.05) is 195 Å². The summed E-state index contributed by atoms with van der Waals surface area (Å²) in [7, 11) is 0. The number of fused-ring (bicyclic) bond motifs is 3. The van der Waals surface area contributed by atoms with E-state index in [0.717, 1.165) is 33.8 Å². The molecule has 1 nitrogen and oxygen atoms in total. The predicted molar refractivity (Wildman–Crippen MR) is 242 cm³/mol. The van der Waals surface area contributed by atoms with Crippen molar-refractivity contribution >= 4 is 17.1 Å². The molecule has 0 saturated heterocycles. The monoisotopic (exact) mass is 729 g/mol. The van der Waals surface area contributed by atoms with E-state index >= 15 is 0 Å². The van der Waals surface area contributed by atoms with Gasteiger partial charge in [0.2, 0.25) is 0 Å². The van der Waals surface area contributed by atoms with Gasteiger partial charge in [0.25, 0.3) is 0 Å². The van der Waals surface area contributed by atoms with Gasteiger partial charge in [-0.15, -0.1) is 0 Å². The Morgan fingerprint density at radius 2 is 0.912 bits per heavy atom. The van der Waals surface area contributed by atoms with E-state index in [0.29, 0.717) is 0 Å². The molecule has 0 spiro atoms. The summed E-state index contributed by atoms with van der Waals surface area (Å²) in [6.45, 7) is 6.89. The summed E-state index contributed by atoms with van der Waals surface area (Å²) in [5.41, 5.74) is 16.8. The number of hydrogen-bond donors (Lipinski definition) is 0. The molecular formula is C56H43N. The lowest BCUT2D eigenvalue weighted by atomic mass is 9.67. The molecule has 0 bridgehead atoms. The lowest BCUT2D eigenvalue weighted by molar-refractivity contribution is 0.770. The van der Waals surface area contributed by atoms with Crippen molar-refractivity contribution in [1.29, 1.82) is 0 Å². The van der Waals surface area contributed by atoms with Crippen LogP contribution in [0, 0.1) is 0 Å². The van der Waals surface area contributed by atoms with Crippen LogP contribution in [0.3, 0.4) is 0 Å². The maximum atomic E-state index is 4.84. The molecule has 1 aliphatic rings. The Bertz CT molecular complexity index is 2670. The highest BCUT2D eigenvalue weighted by Crippen LogP contribution is 2.57. The first-order chi connectivity index (χ1) is 28.1. The molecule has 8 aromatic carbocycles. The van der Waals surface area contributed by atoms with Crippen LogP contribution in [-0.4, -0.2) is 0 Å². The van der Waals surface area contributed by atoms with Gasteiger partial charge in [0.1, 0.15) is 0 Å². The SMILES string of the molecule is C=C(/C=C\C=C/C)C1(c2ccccc2)c2ccccc2-c2ccc(N(c3ccc(-c4ccccc4)cc3)c3cc(-c4ccccc4)cc(-c4ccccc4)c3)cc21. The molecular weight excluding hydrogens is 687 g/mol. The van der Waals surface area contributed by atoms with Crippen molar-refractivity contribution in [3.63, 3.8) is 0 Å². The average molecular weight is 730 g/mol. The van der Waals surface area contributed by atoms with Crippen LogP contribution in [0.15, 0.2) is 243 Å². The zero-order valence-electron chi connectivity index (χ0n) is 32.1. The minimum absolute atomic E-state index is 0.606. The van der Waals surface area contributed by atoms with Crippen LogP contribution in [-0.2, 0) is 5.41 Å². The summed E-state index contributed by atoms with van der Waals surface area (Å²) in [5, 5.41) is 0. The number of hydrogen-bond acceptors (Lipinski definition) is 1. The van der Waals surface area contributed by atoms with Crippen LogP contribution in [0.25, 0.3) is 44.5 Å². The molecule has 0 aliphatic heterocycles. The number of anilines is 3. The Morgan fingerprint density at radius 1 is 0.421 bits per heavy atom. The van der Waals surface area contributed by atoms with Crippen LogP contribution in [0.2, 0.25) is 0 Å². The summed E-state index contributed by atoms with van der Waals surface area (Å²) in [6, 6.07) is 74.7. The van der Waals surface area contributed by atoms with Gasteiger partial charge in [0.05, 0.1) is 5.41 Å². The van der Waals surface area contributed by atoms with E-state index in [1.165, 1.54) is 50.1 Å². The summed E-state index contributed by atoms with van der Waals surface area (Å²) in [4.78, 5) is 2.42. The second-order valence-corrected chi connectivity index (χ2v) is 14.6. The van der Waals surface area contributed by atoms with Gasteiger partial charge in [0, 0.05) is 17.1 Å². The van der Waals surface area contributed by atoms with Crippen molar-refractivity contribution in [2.24, 2.45) is 0 Å². The molecule has 0 amide bonds. The van der Waals surface area contributed by atoms with Crippen molar-refractivity contribution in [3.05, 3.63) is 259 Å². The number of benzene rings is 8. The lowest BCUT2D eigenvalue weighted by Gasteiger charge is -2.35. The van der Waals surface area contributed by atoms with Gasteiger partial charge in [-0.25, -0.2) is 0 Å². The molecule has 1 unspecified atom stereocenters. The Labute approximate surface area is 336 Å². The van der Waals surface area contributed by atoms with E-state index in [1.807, 2.05) is 6.92 Å². The molecule has 1 aliphatic carbocycles. The fourth-order valence-electron chi connectivity index (χ4n) is 8.56. The highest BCUT2D eigenvalue weighted by molar-refractivity contribution is 5.91. The Morgan fingerprint density at radius 3 is 1.51 bits per heavy atom. The molecule has 1 atom stereocenters. The predicted octanol–water partition coefficient (Wildman–Crippen LogP) is 15.2. The van der Waals surface area contributed by atoms with Gasteiger partial charge in [0.15, 0.2) is 0 Å². The molecule has 0 N–H and O–H groups in total. The van der Waals surface area contributed by atoms with Crippen LogP contribution in [0.4, 0.5) is 17.1 Å². The minimum atomic E-state index is -0.606. The first kappa shape index (κ1) is 35.5. The Hall–Kier alpha value is -7.22. The van der Waals surface area contributed by atoms with Crippen molar-refractivity contribution in [2.75, 3.05) is 4.90 Å². The summed E-state index contributed by atoms with van der Waals surface area (Å²) in [5.74, 6) is 0. The first-order valence-corrected chi connectivity index (χ1v) is 19.7. The van der Waals surface area contributed by atoms with E-state index < -0.39 is 5.41 Å².